The topological polar surface area (TPSA) is 24.5 Å². The molecule has 132 valence electrons. The largest absolute Gasteiger partial charge is 0.373 e. The molecule has 0 saturated carbocycles. The van der Waals surface area contributed by atoms with Crippen LogP contribution in [0.5, 0.6) is 0 Å². The van der Waals surface area contributed by atoms with Gasteiger partial charge in [0.15, 0.2) is 0 Å². The maximum absolute atomic E-state index is 6.57. The Morgan fingerprint density at radius 2 is 1.84 bits per heavy atom. The molecular weight excluding hydrogens is 332 g/mol. The van der Waals surface area contributed by atoms with Gasteiger partial charge in [0.2, 0.25) is 0 Å². The average Bonchev–Trinajstić information content (AvgIpc) is 2.68. The van der Waals surface area contributed by atoms with Gasteiger partial charge in [0.05, 0.1) is 12.7 Å². The van der Waals surface area contributed by atoms with Crippen molar-refractivity contribution in [1.29, 1.82) is 0 Å². The van der Waals surface area contributed by atoms with E-state index in [4.69, 9.17) is 16.3 Å². The van der Waals surface area contributed by atoms with Crippen molar-refractivity contribution in [2.24, 2.45) is 0 Å². The fourth-order valence-corrected chi connectivity index (χ4v) is 4.35. The van der Waals surface area contributed by atoms with Crippen LogP contribution in [0.4, 0.5) is 0 Å². The maximum atomic E-state index is 6.57. The Morgan fingerprint density at radius 3 is 2.68 bits per heavy atom. The molecule has 0 radical (unpaired) electrons. The first kappa shape index (κ1) is 17.0. The Morgan fingerprint density at radius 1 is 1.08 bits per heavy atom. The van der Waals surface area contributed by atoms with E-state index in [1.807, 2.05) is 12.1 Å². The number of halogens is 1. The standard InChI is InChI=1S/C21H25ClN2O/c22-19-8-4-3-7-18(19)20(24-12-10-23-11-13-24)15-21-17-6-2-1-5-16(17)9-14-25-21/h1-8,20-21,23H,9-15H2. The van der Waals surface area contributed by atoms with Crippen molar-refractivity contribution in [2.45, 2.75) is 25.0 Å². The van der Waals surface area contributed by atoms with Gasteiger partial charge in [-0.2, -0.15) is 0 Å². The second kappa shape index (κ2) is 7.88. The van der Waals surface area contributed by atoms with Gasteiger partial charge in [-0.05, 0) is 35.6 Å². The number of nitrogens with zero attached hydrogens (tertiary/aromatic N) is 1. The minimum atomic E-state index is 0.140. The van der Waals surface area contributed by atoms with Gasteiger partial charge < -0.3 is 10.1 Å². The van der Waals surface area contributed by atoms with Crippen molar-refractivity contribution in [3.05, 3.63) is 70.2 Å². The van der Waals surface area contributed by atoms with Crippen molar-refractivity contribution in [1.82, 2.24) is 10.2 Å². The Labute approximate surface area is 154 Å². The third kappa shape index (κ3) is 3.75. The maximum Gasteiger partial charge on any atom is 0.0846 e. The van der Waals surface area contributed by atoms with Gasteiger partial charge in [-0.1, -0.05) is 54.1 Å². The summed E-state index contributed by atoms with van der Waals surface area (Å²) in [4.78, 5) is 2.55. The second-order valence-corrected chi connectivity index (χ2v) is 7.27. The van der Waals surface area contributed by atoms with E-state index in [9.17, 15) is 0 Å². The van der Waals surface area contributed by atoms with E-state index < -0.39 is 0 Å². The number of nitrogens with one attached hydrogen (secondary N) is 1. The minimum absolute atomic E-state index is 0.140. The smallest absolute Gasteiger partial charge is 0.0846 e. The van der Waals surface area contributed by atoms with Crippen LogP contribution in [0.1, 0.15) is 35.3 Å². The van der Waals surface area contributed by atoms with Crippen LogP contribution in [0.25, 0.3) is 0 Å². The van der Waals surface area contributed by atoms with Crippen LogP contribution in [0.15, 0.2) is 48.5 Å². The molecule has 4 rings (SSSR count). The summed E-state index contributed by atoms with van der Waals surface area (Å²) in [6.45, 7) is 4.96. The molecule has 2 aliphatic rings. The summed E-state index contributed by atoms with van der Waals surface area (Å²) in [7, 11) is 0. The van der Waals surface area contributed by atoms with Gasteiger partial charge in [0, 0.05) is 37.2 Å². The first-order valence-electron chi connectivity index (χ1n) is 9.21. The third-order valence-electron chi connectivity index (χ3n) is 5.39. The number of hydrogen-bond acceptors (Lipinski definition) is 3. The molecule has 2 aliphatic heterocycles. The Kier molecular flexibility index (Phi) is 5.37. The molecule has 2 unspecified atom stereocenters. The SMILES string of the molecule is Clc1ccccc1C(CC1OCCc2ccccc21)N1CCNCC1. The fraction of sp³-hybridized carbons (Fsp3) is 0.429. The van der Waals surface area contributed by atoms with Gasteiger partial charge in [-0.15, -0.1) is 0 Å². The van der Waals surface area contributed by atoms with Crippen LogP contribution in [-0.4, -0.2) is 37.7 Å². The van der Waals surface area contributed by atoms with Crippen molar-refractivity contribution in [2.75, 3.05) is 32.8 Å². The third-order valence-corrected chi connectivity index (χ3v) is 5.73. The second-order valence-electron chi connectivity index (χ2n) is 6.87. The van der Waals surface area contributed by atoms with Gasteiger partial charge in [0.1, 0.15) is 0 Å². The minimum Gasteiger partial charge on any atom is -0.373 e. The van der Waals surface area contributed by atoms with Crippen molar-refractivity contribution in [3.8, 4) is 0 Å². The lowest BCUT2D eigenvalue weighted by molar-refractivity contribution is 0.0119. The zero-order chi connectivity index (χ0) is 17.1. The molecule has 0 amide bonds. The Balaban J connectivity index is 1.64. The van der Waals surface area contributed by atoms with E-state index in [1.165, 1.54) is 16.7 Å². The molecule has 0 aliphatic carbocycles. The predicted molar refractivity (Wildman–Crippen MR) is 102 cm³/mol. The number of hydrogen-bond donors (Lipinski definition) is 1. The van der Waals surface area contributed by atoms with Crippen LogP contribution < -0.4 is 5.32 Å². The molecule has 2 aromatic rings. The monoisotopic (exact) mass is 356 g/mol. The van der Waals surface area contributed by atoms with Crippen LogP contribution in [0, 0.1) is 0 Å². The molecule has 0 spiro atoms. The van der Waals surface area contributed by atoms with Crippen molar-refractivity contribution < 1.29 is 4.74 Å². The van der Waals surface area contributed by atoms with E-state index >= 15 is 0 Å². The molecule has 2 heterocycles. The van der Waals surface area contributed by atoms with E-state index in [0.29, 0.717) is 0 Å². The summed E-state index contributed by atoms with van der Waals surface area (Å²) in [6, 6.07) is 17.3. The van der Waals surface area contributed by atoms with E-state index in [0.717, 1.165) is 50.7 Å². The molecule has 2 aromatic carbocycles. The summed E-state index contributed by atoms with van der Waals surface area (Å²) < 4.78 is 6.20. The molecular formula is C21H25ClN2O. The normalized spacial score (nSPS) is 22.4. The van der Waals surface area contributed by atoms with Crippen LogP contribution in [-0.2, 0) is 11.2 Å². The van der Waals surface area contributed by atoms with Gasteiger partial charge in [-0.3, -0.25) is 4.90 Å². The van der Waals surface area contributed by atoms with Crippen molar-refractivity contribution >= 4 is 11.6 Å². The molecule has 0 bridgehead atoms. The van der Waals surface area contributed by atoms with Gasteiger partial charge in [-0.25, -0.2) is 0 Å². The molecule has 1 fully saturated rings. The highest BCUT2D eigenvalue weighted by molar-refractivity contribution is 6.31. The molecule has 1 saturated heterocycles. The predicted octanol–water partition coefficient (Wildman–Crippen LogP) is 3.99. The van der Waals surface area contributed by atoms with Crippen LogP contribution >= 0.6 is 11.6 Å². The molecule has 2 atom stereocenters. The van der Waals surface area contributed by atoms with Crippen LogP contribution in [0.2, 0.25) is 5.02 Å². The lowest BCUT2D eigenvalue weighted by atomic mass is 9.90. The summed E-state index contributed by atoms with van der Waals surface area (Å²) in [6.07, 6.45) is 2.10. The zero-order valence-electron chi connectivity index (χ0n) is 14.5. The summed E-state index contributed by atoms with van der Waals surface area (Å²) in [5, 5.41) is 4.31. The number of piperazine rings is 1. The quantitative estimate of drug-likeness (QED) is 0.896. The molecule has 3 nitrogen and oxygen atoms in total. The average molecular weight is 357 g/mol. The van der Waals surface area contributed by atoms with E-state index in [-0.39, 0.29) is 12.1 Å². The van der Waals surface area contributed by atoms with Crippen LogP contribution in [0.3, 0.4) is 0 Å². The zero-order valence-corrected chi connectivity index (χ0v) is 15.2. The number of fused-ring (bicyclic) bond motifs is 1. The number of benzene rings is 2. The van der Waals surface area contributed by atoms with Gasteiger partial charge in [0.25, 0.3) is 0 Å². The van der Waals surface area contributed by atoms with Gasteiger partial charge >= 0.3 is 0 Å². The fourth-order valence-electron chi connectivity index (χ4n) is 4.09. The Bertz CT molecular complexity index is 715. The Hall–Kier alpha value is -1.39. The molecule has 4 heteroatoms. The lowest BCUT2D eigenvalue weighted by Gasteiger charge is -2.38. The number of rotatable bonds is 4. The summed E-state index contributed by atoms with van der Waals surface area (Å²) in [5.41, 5.74) is 4.00. The highest BCUT2D eigenvalue weighted by atomic mass is 35.5. The lowest BCUT2D eigenvalue weighted by Crippen LogP contribution is -2.45. The first-order valence-corrected chi connectivity index (χ1v) is 9.59. The highest BCUT2D eigenvalue weighted by Gasteiger charge is 2.30. The summed E-state index contributed by atoms with van der Waals surface area (Å²) in [5.74, 6) is 0. The van der Waals surface area contributed by atoms with E-state index in [1.54, 1.807) is 0 Å². The summed E-state index contributed by atoms with van der Waals surface area (Å²) >= 11 is 6.57. The molecule has 1 N–H and O–H groups in total. The van der Waals surface area contributed by atoms with E-state index in [2.05, 4.69) is 46.6 Å². The molecule has 25 heavy (non-hydrogen) atoms. The highest BCUT2D eigenvalue weighted by Crippen LogP contribution is 2.39. The molecule has 0 aromatic heterocycles. The van der Waals surface area contributed by atoms with Crippen molar-refractivity contribution in [3.63, 3.8) is 0 Å². The first-order chi connectivity index (χ1) is 12.3. The number of ether oxygens (including phenoxy) is 1.